The van der Waals surface area contributed by atoms with Crippen molar-refractivity contribution in [2.45, 2.75) is 19.0 Å². The number of carboxylic acid groups (broad SMARTS) is 1. The molecule has 1 rings (SSSR count). The first-order valence-corrected chi connectivity index (χ1v) is 5.47. The molecular formula is C9H5F5INO2. The van der Waals surface area contributed by atoms with Gasteiger partial charge in [0.25, 0.3) is 6.43 Å². The van der Waals surface area contributed by atoms with E-state index in [1.807, 2.05) is 0 Å². The molecule has 9 heteroatoms. The van der Waals surface area contributed by atoms with Crippen LogP contribution in [0.4, 0.5) is 22.0 Å². The van der Waals surface area contributed by atoms with Crippen molar-refractivity contribution in [3.8, 4) is 0 Å². The Morgan fingerprint density at radius 2 is 2.00 bits per heavy atom. The lowest BCUT2D eigenvalue weighted by Gasteiger charge is -2.14. The number of rotatable bonds is 3. The van der Waals surface area contributed by atoms with E-state index in [2.05, 4.69) is 4.98 Å². The Hall–Kier alpha value is -1.00. The van der Waals surface area contributed by atoms with Crippen LogP contribution in [0.3, 0.4) is 0 Å². The molecule has 100 valence electrons. The topological polar surface area (TPSA) is 50.2 Å². The van der Waals surface area contributed by atoms with Crippen LogP contribution in [0.15, 0.2) is 6.07 Å². The Labute approximate surface area is 111 Å². The molecule has 0 aliphatic carbocycles. The number of aliphatic carboxylic acids is 1. The van der Waals surface area contributed by atoms with E-state index in [0.717, 1.165) is 6.07 Å². The second-order valence-corrected chi connectivity index (χ2v) is 4.39. The lowest BCUT2D eigenvalue weighted by atomic mass is 10.1. The molecule has 1 N–H and O–H groups in total. The van der Waals surface area contributed by atoms with E-state index in [1.54, 1.807) is 0 Å². The van der Waals surface area contributed by atoms with Gasteiger partial charge in [-0.2, -0.15) is 13.2 Å². The molecule has 0 radical (unpaired) electrons. The minimum absolute atomic E-state index is 0.338. The monoisotopic (exact) mass is 381 g/mol. The molecule has 0 unspecified atom stereocenters. The van der Waals surface area contributed by atoms with Gasteiger partial charge in [-0.3, -0.25) is 9.78 Å². The number of pyridine rings is 1. The zero-order chi connectivity index (χ0) is 14.1. The molecule has 0 fully saturated rings. The molecule has 1 aromatic rings. The number of hydrogen-bond acceptors (Lipinski definition) is 2. The summed E-state index contributed by atoms with van der Waals surface area (Å²) in [6.07, 6.45) is -9.10. The molecule has 0 amide bonds. The van der Waals surface area contributed by atoms with Crippen LogP contribution in [-0.4, -0.2) is 16.1 Å². The van der Waals surface area contributed by atoms with E-state index in [1.165, 1.54) is 22.6 Å². The maximum atomic E-state index is 12.6. The van der Waals surface area contributed by atoms with E-state index >= 15 is 0 Å². The minimum atomic E-state index is -4.96. The van der Waals surface area contributed by atoms with Crippen molar-refractivity contribution >= 4 is 28.6 Å². The second kappa shape index (κ2) is 5.33. The second-order valence-electron chi connectivity index (χ2n) is 3.22. The van der Waals surface area contributed by atoms with Gasteiger partial charge >= 0.3 is 12.1 Å². The number of hydrogen-bond donors (Lipinski definition) is 1. The van der Waals surface area contributed by atoms with Crippen LogP contribution < -0.4 is 0 Å². The summed E-state index contributed by atoms with van der Waals surface area (Å²) in [6, 6.07) is 0.837. The van der Waals surface area contributed by atoms with Gasteiger partial charge in [0.15, 0.2) is 0 Å². The zero-order valence-corrected chi connectivity index (χ0v) is 10.6. The maximum absolute atomic E-state index is 12.6. The fourth-order valence-electron chi connectivity index (χ4n) is 1.27. The highest BCUT2D eigenvalue weighted by molar-refractivity contribution is 14.1. The van der Waals surface area contributed by atoms with Gasteiger partial charge in [0.2, 0.25) is 0 Å². The molecule has 0 aliphatic rings. The SMILES string of the molecule is O=C(O)Cc1cc(I)c(C(F)(F)F)c(C(F)F)n1. The largest absolute Gasteiger partial charge is 0.481 e. The Balaban J connectivity index is 3.41. The van der Waals surface area contributed by atoms with E-state index in [4.69, 9.17) is 5.11 Å². The van der Waals surface area contributed by atoms with Gasteiger partial charge in [-0.1, -0.05) is 0 Å². The first-order chi connectivity index (χ1) is 8.12. The van der Waals surface area contributed by atoms with Gasteiger partial charge in [0, 0.05) is 3.57 Å². The molecular weight excluding hydrogens is 376 g/mol. The van der Waals surface area contributed by atoms with Gasteiger partial charge in [-0.15, -0.1) is 0 Å². The average molecular weight is 381 g/mol. The summed E-state index contributed by atoms with van der Waals surface area (Å²) < 4.78 is 62.3. The van der Waals surface area contributed by atoms with Gasteiger partial charge in [0.05, 0.1) is 17.7 Å². The van der Waals surface area contributed by atoms with Crippen LogP contribution >= 0.6 is 22.6 Å². The van der Waals surface area contributed by atoms with E-state index in [9.17, 15) is 26.7 Å². The van der Waals surface area contributed by atoms with Gasteiger partial charge in [-0.25, -0.2) is 8.78 Å². The Morgan fingerprint density at radius 3 is 2.39 bits per heavy atom. The van der Waals surface area contributed by atoms with Crippen LogP contribution in [0, 0.1) is 3.57 Å². The normalized spacial score (nSPS) is 11.9. The fourth-order valence-corrected chi connectivity index (χ4v) is 2.21. The summed E-state index contributed by atoms with van der Waals surface area (Å²) >= 11 is 1.23. The van der Waals surface area contributed by atoms with Crippen molar-refractivity contribution < 1.29 is 31.9 Å². The predicted molar refractivity (Wildman–Crippen MR) is 58.3 cm³/mol. The molecule has 0 saturated carbocycles. The van der Waals surface area contributed by atoms with Crippen LogP contribution in [0.25, 0.3) is 0 Å². The summed E-state index contributed by atoms with van der Waals surface area (Å²) in [7, 11) is 0. The maximum Gasteiger partial charge on any atom is 0.419 e. The number of carboxylic acids is 1. The third kappa shape index (κ3) is 3.50. The summed E-state index contributed by atoms with van der Waals surface area (Å²) in [5.41, 5.74) is -3.30. The highest BCUT2D eigenvalue weighted by atomic mass is 127. The summed E-state index contributed by atoms with van der Waals surface area (Å²) in [4.78, 5) is 13.5. The van der Waals surface area contributed by atoms with Crippen LogP contribution in [0.5, 0.6) is 0 Å². The minimum Gasteiger partial charge on any atom is -0.481 e. The Kier molecular flexibility index (Phi) is 4.46. The molecule has 0 spiro atoms. The third-order valence-corrected chi connectivity index (χ3v) is 2.73. The smallest absolute Gasteiger partial charge is 0.419 e. The molecule has 0 aliphatic heterocycles. The molecule has 0 saturated heterocycles. The first kappa shape index (κ1) is 15.1. The number of alkyl halides is 5. The van der Waals surface area contributed by atoms with Gasteiger partial charge < -0.3 is 5.11 Å². The summed E-state index contributed by atoms with van der Waals surface area (Å²) in [5, 5.41) is 8.46. The number of nitrogens with zero attached hydrogens (tertiary/aromatic N) is 1. The molecule has 1 aromatic heterocycles. The van der Waals surface area contributed by atoms with Crippen molar-refractivity contribution in [1.29, 1.82) is 0 Å². The first-order valence-electron chi connectivity index (χ1n) is 4.39. The molecule has 1 heterocycles. The van der Waals surface area contributed by atoms with Crippen molar-refractivity contribution in [3.63, 3.8) is 0 Å². The predicted octanol–water partition coefficient (Wildman–Crippen LogP) is 3.27. The quantitative estimate of drug-likeness (QED) is 0.646. The van der Waals surface area contributed by atoms with E-state index in [-0.39, 0.29) is 5.69 Å². The molecule has 0 bridgehead atoms. The highest BCUT2D eigenvalue weighted by Crippen LogP contribution is 2.38. The standard InChI is InChI=1S/C9H5F5INO2/c10-8(11)7-6(9(12,13)14)4(15)1-3(16-7)2-5(17)18/h1,8H,2H2,(H,17,18). The number of carbonyl (C=O) groups is 1. The zero-order valence-electron chi connectivity index (χ0n) is 8.43. The summed E-state index contributed by atoms with van der Waals surface area (Å²) in [5.74, 6) is -1.36. The van der Waals surface area contributed by atoms with Crippen LogP contribution in [0.1, 0.15) is 23.4 Å². The molecule has 0 aromatic carbocycles. The Morgan fingerprint density at radius 1 is 1.44 bits per heavy atom. The molecule has 3 nitrogen and oxygen atoms in total. The van der Waals surface area contributed by atoms with Crippen molar-refractivity contribution in [2.24, 2.45) is 0 Å². The Bertz CT molecular complexity index is 475. The molecule has 18 heavy (non-hydrogen) atoms. The lowest BCUT2D eigenvalue weighted by Crippen LogP contribution is -2.16. The molecule has 0 atom stereocenters. The van der Waals surface area contributed by atoms with E-state index in [0.29, 0.717) is 0 Å². The fraction of sp³-hybridized carbons (Fsp3) is 0.333. The van der Waals surface area contributed by atoms with Crippen molar-refractivity contribution in [3.05, 3.63) is 26.6 Å². The van der Waals surface area contributed by atoms with Crippen LogP contribution in [-0.2, 0) is 17.4 Å². The highest BCUT2D eigenvalue weighted by Gasteiger charge is 2.39. The van der Waals surface area contributed by atoms with Crippen molar-refractivity contribution in [1.82, 2.24) is 4.98 Å². The van der Waals surface area contributed by atoms with Gasteiger partial charge in [0.1, 0.15) is 5.69 Å². The van der Waals surface area contributed by atoms with Gasteiger partial charge in [-0.05, 0) is 28.7 Å². The third-order valence-electron chi connectivity index (χ3n) is 1.87. The summed E-state index contributed by atoms with van der Waals surface area (Å²) in [6.45, 7) is 0. The van der Waals surface area contributed by atoms with Crippen LogP contribution in [0.2, 0.25) is 0 Å². The number of halogens is 6. The lowest BCUT2D eigenvalue weighted by molar-refractivity contribution is -0.140. The number of aromatic nitrogens is 1. The van der Waals surface area contributed by atoms with Crippen molar-refractivity contribution in [2.75, 3.05) is 0 Å². The van der Waals surface area contributed by atoms with E-state index < -0.39 is 39.8 Å². The average Bonchev–Trinajstić information content (AvgIpc) is 2.12.